The van der Waals surface area contributed by atoms with Crippen molar-refractivity contribution in [1.29, 1.82) is 0 Å². The summed E-state index contributed by atoms with van der Waals surface area (Å²) in [6.07, 6.45) is 6.98. The van der Waals surface area contributed by atoms with Crippen LogP contribution in [0.5, 0.6) is 0 Å². The van der Waals surface area contributed by atoms with Crippen LogP contribution < -0.4 is 5.32 Å². The number of nitrogens with zero attached hydrogens (tertiary/aromatic N) is 2. The zero-order valence-electron chi connectivity index (χ0n) is 13.4. The van der Waals surface area contributed by atoms with Gasteiger partial charge in [-0.15, -0.1) is 0 Å². The Labute approximate surface area is 119 Å². The maximum atomic E-state index is 3.57. The van der Waals surface area contributed by atoms with Gasteiger partial charge >= 0.3 is 0 Å². The van der Waals surface area contributed by atoms with E-state index in [4.69, 9.17) is 0 Å². The highest BCUT2D eigenvalue weighted by atomic mass is 15.2. The van der Waals surface area contributed by atoms with E-state index in [0.717, 1.165) is 23.9 Å². The van der Waals surface area contributed by atoms with E-state index in [1.807, 2.05) is 0 Å². The third-order valence-corrected chi connectivity index (χ3v) is 5.16. The van der Waals surface area contributed by atoms with E-state index in [-0.39, 0.29) is 0 Å². The van der Waals surface area contributed by atoms with E-state index in [1.54, 1.807) is 0 Å². The highest BCUT2D eigenvalue weighted by Gasteiger charge is 2.32. The molecule has 0 aromatic rings. The average molecular weight is 267 g/mol. The SMILES string of the molecule is CNC1CCC(C)CC1CN1CCCC1CN(C)C. The van der Waals surface area contributed by atoms with Crippen molar-refractivity contribution in [3.8, 4) is 0 Å². The number of rotatable bonds is 5. The summed E-state index contributed by atoms with van der Waals surface area (Å²) in [6, 6.07) is 1.54. The van der Waals surface area contributed by atoms with Gasteiger partial charge in [-0.1, -0.05) is 6.92 Å². The van der Waals surface area contributed by atoms with Gasteiger partial charge in [0.1, 0.15) is 0 Å². The predicted molar refractivity (Wildman–Crippen MR) is 82.5 cm³/mol. The lowest BCUT2D eigenvalue weighted by Gasteiger charge is -2.39. The van der Waals surface area contributed by atoms with Gasteiger partial charge in [-0.3, -0.25) is 4.90 Å². The Kier molecular flexibility index (Phi) is 5.67. The van der Waals surface area contributed by atoms with Gasteiger partial charge in [0.2, 0.25) is 0 Å². The molecule has 0 aromatic heterocycles. The van der Waals surface area contributed by atoms with Crippen molar-refractivity contribution in [2.45, 2.75) is 51.1 Å². The molecule has 1 aliphatic heterocycles. The molecule has 2 aliphatic rings. The smallest absolute Gasteiger partial charge is 0.0223 e. The van der Waals surface area contributed by atoms with Crippen molar-refractivity contribution in [3.63, 3.8) is 0 Å². The molecule has 4 atom stereocenters. The molecule has 4 unspecified atom stereocenters. The van der Waals surface area contributed by atoms with Crippen molar-refractivity contribution in [2.75, 3.05) is 40.8 Å². The van der Waals surface area contributed by atoms with E-state index in [9.17, 15) is 0 Å². The lowest BCUT2D eigenvalue weighted by Crippen LogP contribution is -2.47. The van der Waals surface area contributed by atoms with Crippen LogP contribution in [-0.4, -0.2) is 62.7 Å². The van der Waals surface area contributed by atoms with Crippen molar-refractivity contribution in [3.05, 3.63) is 0 Å². The van der Waals surface area contributed by atoms with Gasteiger partial charge in [-0.2, -0.15) is 0 Å². The molecule has 1 saturated carbocycles. The van der Waals surface area contributed by atoms with Gasteiger partial charge in [-0.05, 0) is 71.6 Å². The van der Waals surface area contributed by atoms with E-state index < -0.39 is 0 Å². The average Bonchev–Trinajstić information content (AvgIpc) is 2.76. The van der Waals surface area contributed by atoms with Crippen molar-refractivity contribution < 1.29 is 0 Å². The molecular formula is C16H33N3. The van der Waals surface area contributed by atoms with E-state index in [1.165, 1.54) is 51.7 Å². The third kappa shape index (κ3) is 4.17. The highest BCUT2D eigenvalue weighted by molar-refractivity contribution is 4.89. The topological polar surface area (TPSA) is 18.5 Å². The molecule has 19 heavy (non-hydrogen) atoms. The molecule has 0 amide bonds. The Morgan fingerprint density at radius 3 is 2.68 bits per heavy atom. The Hall–Kier alpha value is -0.120. The minimum Gasteiger partial charge on any atom is -0.317 e. The quantitative estimate of drug-likeness (QED) is 0.822. The molecule has 3 nitrogen and oxygen atoms in total. The molecule has 3 heteroatoms. The number of hydrogen-bond donors (Lipinski definition) is 1. The maximum Gasteiger partial charge on any atom is 0.0223 e. The van der Waals surface area contributed by atoms with E-state index in [0.29, 0.717) is 0 Å². The Morgan fingerprint density at radius 2 is 2.00 bits per heavy atom. The molecule has 2 rings (SSSR count). The molecule has 0 radical (unpaired) electrons. The van der Waals surface area contributed by atoms with Crippen LogP contribution in [0.2, 0.25) is 0 Å². The molecule has 0 spiro atoms. The fraction of sp³-hybridized carbons (Fsp3) is 1.00. The van der Waals surface area contributed by atoms with Crippen molar-refractivity contribution in [2.24, 2.45) is 11.8 Å². The zero-order valence-corrected chi connectivity index (χ0v) is 13.4. The molecule has 1 saturated heterocycles. The molecule has 1 N–H and O–H groups in total. The number of nitrogens with one attached hydrogen (secondary N) is 1. The first-order valence-electron chi connectivity index (χ1n) is 8.16. The van der Waals surface area contributed by atoms with Crippen LogP contribution in [0, 0.1) is 11.8 Å². The van der Waals surface area contributed by atoms with Gasteiger partial charge in [0.15, 0.2) is 0 Å². The van der Waals surface area contributed by atoms with Gasteiger partial charge in [0.25, 0.3) is 0 Å². The van der Waals surface area contributed by atoms with Crippen LogP contribution in [0.1, 0.15) is 39.0 Å². The second-order valence-electron chi connectivity index (χ2n) is 7.13. The minimum absolute atomic E-state index is 0.747. The van der Waals surface area contributed by atoms with Crippen LogP contribution >= 0.6 is 0 Å². The molecular weight excluding hydrogens is 234 g/mol. The first-order chi connectivity index (χ1) is 9.10. The lowest BCUT2D eigenvalue weighted by molar-refractivity contribution is 0.128. The second-order valence-corrected chi connectivity index (χ2v) is 7.13. The van der Waals surface area contributed by atoms with Crippen LogP contribution in [-0.2, 0) is 0 Å². The van der Waals surface area contributed by atoms with Crippen molar-refractivity contribution >= 4 is 0 Å². The minimum atomic E-state index is 0.747. The summed E-state index contributed by atoms with van der Waals surface area (Å²) in [7, 11) is 6.56. The van der Waals surface area contributed by atoms with Crippen molar-refractivity contribution in [1.82, 2.24) is 15.1 Å². The summed E-state index contributed by atoms with van der Waals surface area (Å²) >= 11 is 0. The summed E-state index contributed by atoms with van der Waals surface area (Å²) in [4.78, 5) is 5.12. The van der Waals surface area contributed by atoms with Crippen LogP contribution in [0.25, 0.3) is 0 Å². The molecule has 1 aliphatic carbocycles. The van der Waals surface area contributed by atoms with Crippen LogP contribution in [0.15, 0.2) is 0 Å². The predicted octanol–water partition coefficient (Wildman–Crippen LogP) is 2.04. The monoisotopic (exact) mass is 267 g/mol. The summed E-state index contributed by atoms with van der Waals surface area (Å²) in [5.74, 6) is 1.78. The molecule has 112 valence electrons. The summed E-state index contributed by atoms with van der Waals surface area (Å²) in [5, 5.41) is 3.57. The van der Waals surface area contributed by atoms with Crippen LogP contribution in [0.4, 0.5) is 0 Å². The normalized spacial score (nSPS) is 37.1. The van der Waals surface area contributed by atoms with E-state index >= 15 is 0 Å². The van der Waals surface area contributed by atoms with Gasteiger partial charge in [0, 0.05) is 25.2 Å². The van der Waals surface area contributed by atoms with Gasteiger partial charge in [-0.25, -0.2) is 0 Å². The van der Waals surface area contributed by atoms with Crippen LogP contribution in [0.3, 0.4) is 0 Å². The molecule has 0 aromatic carbocycles. The standard InChI is InChI=1S/C16H33N3/c1-13-7-8-16(17-2)14(10-13)11-19-9-5-6-15(19)12-18(3)4/h13-17H,5-12H2,1-4H3. The summed E-state index contributed by atoms with van der Waals surface area (Å²) in [5.41, 5.74) is 0. The zero-order chi connectivity index (χ0) is 13.8. The first-order valence-corrected chi connectivity index (χ1v) is 8.16. The first kappa shape index (κ1) is 15.3. The Morgan fingerprint density at radius 1 is 1.21 bits per heavy atom. The second kappa shape index (κ2) is 7.05. The highest BCUT2D eigenvalue weighted by Crippen LogP contribution is 2.31. The lowest BCUT2D eigenvalue weighted by atomic mass is 9.78. The van der Waals surface area contributed by atoms with Gasteiger partial charge in [0.05, 0.1) is 0 Å². The Bertz CT molecular complexity index is 267. The summed E-state index contributed by atoms with van der Waals surface area (Å²) < 4.78 is 0. The van der Waals surface area contributed by atoms with E-state index in [2.05, 4.69) is 43.2 Å². The fourth-order valence-corrected chi connectivity index (χ4v) is 4.15. The number of likely N-dealkylation sites (tertiary alicyclic amines) is 1. The largest absolute Gasteiger partial charge is 0.317 e. The number of hydrogen-bond acceptors (Lipinski definition) is 3. The number of likely N-dealkylation sites (N-methyl/N-ethyl adjacent to an activating group) is 1. The third-order valence-electron chi connectivity index (χ3n) is 5.16. The fourth-order valence-electron chi connectivity index (χ4n) is 4.15. The maximum absolute atomic E-state index is 3.57. The van der Waals surface area contributed by atoms with Gasteiger partial charge < -0.3 is 10.2 Å². The molecule has 0 bridgehead atoms. The molecule has 2 fully saturated rings. The summed E-state index contributed by atoms with van der Waals surface area (Å²) in [6.45, 7) is 6.29. The molecule has 1 heterocycles. The Balaban J connectivity index is 1.90.